The van der Waals surface area contributed by atoms with E-state index < -0.39 is 5.97 Å². The standard InChI is InChI=1S/C3H5GeO2.Na.3H2O/c4-2-1-3(5)6;;;;/h1-2H2,(H,5,6);;3*1H2/q;+1;;;/p-1. The van der Waals surface area contributed by atoms with Crippen molar-refractivity contribution in [3.8, 4) is 0 Å². The number of carbonyl (C=O) groups excluding carboxylic acids is 1. The van der Waals surface area contributed by atoms with E-state index in [1.54, 1.807) is 16.5 Å². The minimum absolute atomic E-state index is 0. The molecule has 5 nitrogen and oxygen atoms in total. The molecular formula is C3H10GeNaO5. The van der Waals surface area contributed by atoms with Crippen molar-refractivity contribution in [3.63, 3.8) is 0 Å². The number of rotatable bonds is 2. The van der Waals surface area contributed by atoms with Crippen molar-refractivity contribution in [2.75, 3.05) is 0 Å². The monoisotopic (exact) mass is 223 g/mol. The summed E-state index contributed by atoms with van der Waals surface area (Å²) in [6.45, 7) is 0. The molecule has 0 aliphatic rings. The molecule has 0 heterocycles. The van der Waals surface area contributed by atoms with E-state index in [-0.39, 0.29) is 52.4 Å². The second kappa shape index (κ2) is 22.5. The van der Waals surface area contributed by atoms with Crippen molar-refractivity contribution < 1.29 is 55.9 Å². The van der Waals surface area contributed by atoms with Crippen LogP contribution in [-0.4, -0.2) is 38.9 Å². The van der Waals surface area contributed by atoms with Gasteiger partial charge < -0.3 is 16.4 Å². The molecule has 0 saturated carbocycles. The van der Waals surface area contributed by atoms with Gasteiger partial charge in [0.15, 0.2) is 0 Å². The van der Waals surface area contributed by atoms with Crippen LogP contribution >= 0.6 is 0 Å². The summed E-state index contributed by atoms with van der Waals surface area (Å²) in [7, 11) is 0. The van der Waals surface area contributed by atoms with Gasteiger partial charge in [0.25, 0.3) is 0 Å². The van der Waals surface area contributed by atoms with E-state index in [0.717, 1.165) is 0 Å². The van der Waals surface area contributed by atoms with Crippen molar-refractivity contribution >= 4 is 22.5 Å². The second-order valence-corrected chi connectivity index (χ2v) is 1.92. The first-order valence-corrected chi connectivity index (χ1v) is 3.10. The molecule has 0 atom stereocenters. The summed E-state index contributed by atoms with van der Waals surface area (Å²) >= 11 is 1.80. The van der Waals surface area contributed by atoms with Crippen molar-refractivity contribution in [1.82, 2.24) is 0 Å². The molecule has 0 aromatic carbocycles. The molecule has 6 N–H and O–H groups in total. The first-order valence-electron chi connectivity index (χ1n) is 1.62. The van der Waals surface area contributed by atoms with Crippen LogP contribution in [0.3, 0.4) is 0 Å². The molecule has 0 fully saturated rings. The quantitative estimate of drug-likeness (QED) is 0.429. The molecule has 0 unspecified atom stereocenters. The summed E-state index contributed by atoms with van der Waals surface area (Å²) in [6.07, 6.45) is 0.181. The first kappa shape index (κ1) is 30.7. The number of carboxylic acid groups (broad SMARTS) is 1. The molecule has 0 spiro atoms. The summed E-state index contributed by atoms with van der Waals surface area (Å²) in [4.78, 5) is 9.49. The molecule has 0 aromatic rings. The average Bonchev–Trinajstić information content (AvgIpc) is 1.35. The Morgan fingerprint density at radius 3 is 1.60 bits per heavy atom. The molecule has 0 aliphatic heterocycles. The molecule has 0 rings (SSSR count). The van der Waals surface area contributed by atoms with E-state index in [1.165, 1.54) is 0 Å². The van der Waals surface area contributed by atoms with Gasteiger partial charge in [-0.15, -0.1) is 0 Å². The Labute approximate surface area is 89.6 Å². The van der Waals surface area contributed by atoms with Gasteiger partial charge in [0.05, 0.1) is 0 Å². The fourth-order valence-electron chi connectivity index (χ4n) is 0.102. The number of carbonyl (C=O) groups is 1. The van der Waals surface area contributed by atoms with Gasteiger partial charge in [-0.05, 0) is 0 Å². The summed E-state index contributed by atoms with van der Waals surface area (Å²) in [5, 5.41) is 10.2. The van der Waals surface area contributed by atoms with Crippen LogP contribution in [0.1, 0.15) is 6.42 Å². The van der Waals surface area contributed by atoms with Gasteiger partial charge in [-0.3, -0.25) is 0 Å². The van der Waals surface area contributed by atoms with Gasteiger partial charge in [-0.25, -0.2) is 0 Å². The fourth-order valence-corrected chi connectivity index (χ4v) is 0.530. The van der Waals surface area contributed by atoms with Crippen LogP contribution in [-0.2, 0) is 4.79 Å². The van der Waals surface area contributed by atoms with E-state index in [4.69, 9.17) is 0 Å². The maximum atomic E-state index is 9.49. The molecule has 7 heteroatoms. The van der Waals surface area contributed by atoms with Gasteiger partial charge in [0.2, 0.25) is 0 Å². The Balaban J connectivity index is -0.0000000208. The zero-order valence-electron chi connectivity index (χ0n) is 5.73. The molecule has 0 aromatic heterocycles. The zero-order chi connectivity index (χ0) is 4.99. The minimum Gasteiger partial charge on any atom is 1.00 e. The third-order valence-corrected chi connectivity index (χ3v) is 0.854. The molecule has 57 valence electrons. The van der Waals surface area contributed by atoms with Crippen LogP contribution in [0.15, 0.2) is 0 Å². The summed E-state index contributed by atoms with van der Waals surface area (Å²) < 4.78 is 0. The largest absolute Gasteiger partial charge is 1.00 e. The Bertz CT molecular complexity index is 60.9. The van der Waals surface area contributed by atoms with Crippen molar-refractivity contribution in [2.24, 2.45) is 0 Å². The second-order valence-electron chi connectivity index (χ2n) is 0.872. The van der Waals surface area contributed by atoms with E-state index >= 15 is 0 Å². The Morgan fingerprint density at radius 1 is 1.30 bits per heavy atom. The maximum absolute atomic E-state index is 9.49. The third kappa shape index (κ3) is 36.6. The normalized spacial score (nSPS) is 4.90. The average molecular weight is 222 g/mol. The number of aliphatic carboxylic acids is 1. The van der Waals surface area contributed by atoms with Crippen LogP contribution in [0.25, 0.3) is 0 Å². The van der Waals surface area contributed by atoms with Gasteiger partial charge >= 0.3 is 73.6 Å². The Morgan fingerprint density at radius 2 is 1.60 bits per heavy atom. The molecule has 0 amide bonds. The molecule has 10 heavy (non-hydrogen) atoms. The maximum Gasteiger partial charge on any atom is 1.00 e. The number of hydrogen-bond donors (Lipinski definition) is 0. The van der Waals surface area contributed by atoms with E-state index in [1.807, 2.05) is 0 Å². The minimum atomic E-state index is -0.961. The van der Waals surface area contributed by atoms with Crippen LogP contribution in [0.2, 0.25) is 5.25 Å². The molecule has 3 radical (unpaired) electrons. The fraction of sp³-hybridized carbons (Fsp3) is 0.667. The van der Waals surface area contributed by atoms with Gasteiger partial charge in [-0.1, -0.05) is 0 Å². The Hall–Kier alpha value is 0.893. The number of hydrogen-bond acceptors (Lipinski definition) is 2. The van der Waals surface area contributed by atoms with Crippen LogP contribution in [0.5, 0.6) is 0 Å². The summed E-state index contributed by atoms with van der Waals surface area (Å²) in [5.74, 6) is -0.961. The van der Waals surface area contributed by atoms with E-state index in [0.29, 0.717) is 5.25 Å². The predicted octanol–water partition coefficient (Wildman–Crippen LogP) is -6.76. The third-order valence-electron chi connectivity index (χ3n) is 0.329. The van der Waals surface area contributed by atoms with Gasteiger partial charge in [0.1, 0.15) is 0 Å². The van der Waals surface area contributed by atoms with E-state index in [2.05, 4.69) is 0 Å². The topological polar surface area (TPSA) is 135 Å². The Kier molecular flexibility index (Phi) is 69.2. The molecule has 0 aliphatic carbocycles. The van der Waals surface area contributed by atoms with Gasteiger partial charge in [-0.2, -0.15) is 0 Å². The van der Waals surface area contributed by atoms with Crippen LogP contribution in [0.4, 0.5) is 0 Å². The zero-order valence-corrected chi connectivity index (χ0v) is 9.83. The van der Waals surface area contributed by atoms with Crippen molar-refractivity contribution in [1.29, 1.82) is 0 Å². The van der Waals surface area contributed by atoms with Crippen LogP contribution < -0.4 is 34.7 Å². The van der Waals surface area contributed by atoms with Gasteiger partial charge in [0, 0.05) is 0 Å². The number of carboxylic acids is 1. The van der Waals surface area contributed by atoms with Crippen molar-refractivity contribution in [3.05, 3.63) is 0 Å². The summed E-state index contributed by atoms with van der Waals surface area (Å²) in [6, 6.07) is 0. The van der Waals surface area contributed by atoms with Crippen molar-refractivity contribution in [2.45, 2.75) is 11.7 Å². The molecule has 0 saturated heterocycles. The predicted molar refractivity (Wildman–Crippen MR) is 31.0 cm³/mol. The summed E-state index contributed by atoms with van der Waals surface area (Å²) in [5.41, 5.74) is 0. The molecular weight excluding hydrogens is 212 g/mol. The van der Waals surface area contributed by atoms with E-state index in [9.17, 15) is 9.90 Å². The molecule has 0 bridgehead atoms. The van der Waals surface area contributed by atoms with Crippen LogP contribution in [0, 0.1) is 0 Å². The SMILES string of the molecule is O.O.O.O=C([O-])C[CH2][Ge].[Na+]. The smallest absolute Gasteiger partial charge is 1.00 e. The first-order chi connectivity index (χ1) is 2.77.